The van der Waals surface area contributed by atoms with Gasteiger partial charge in [-0.25, -0.2) is 4.79 Å². The van der Waals surface area contributed by atoms with Crippen LogP contribution >= 0.6 is 0 Å². The molecule has 1 amide bonds. The zero-order valence-electron chi connectivity index (χ0n) is 14.7. The zero-order valence-corrected chi connectivity index (χ0v) is 14.7. The second-order valence-electron chi connectivity index (χ2n) is 6.18. The van der Waals surface area contributed by atoms with Crippen LogP contribution in [0.4, 0.5) is 4.79 Å². The first-order valence-electron chi connectivity index (χ1n) is 8.93. The third-order valence-electron chi connectivity index (χ3n) is 4.12. The zero-order chi connectivity index (χ0) is 17.7. The maximum Gasteiger partial charge on any atom is 0.410 e. The van der Waals surface area contributed by atoms with Crippen LogP contribution in [0.2, 0.25) is 0 Å². The number of ether oxygens (including phenoxy) is 2. The average molecular weight is 345 g/mol. The number of carbonyl (C=O) groups is 1. The molecule has 25 heavy (non-hydrogen) atoms. The smallest absolute Gasteiger partial charge is 0.410 e. The number of piperazine rings is 1. The average Bonchev–Trinajstić information content (AvgIpc) is 2.66. The Labute approximate surface area is 149 Å². The van der Waals surface area contributed by atoms with Gasteiger partial charge in [-0.2, -0.15) is 5.26 Å². The number of nitrogens with one attached hydrogen (secondary N) is 1. The molecule has 1 aliphatic rings. The molecule has 0 aliphatic carbocycles. The van der Waals surface area contributed by atoms with Crippen molar-refractivity contribution >= 4 is 6.09 Å². The number of hydrogen-bond donors (Lipinski definition) is 1. The predicted molar refractivity (Wildman–Crippen MR) is 94.9 cm³/mol. The van der Waals surface area contributed by atoms with Crippen LogP contribution in [-0.4, -0.2) is 49.9 Å². The van der Waals surface area contributed by atoms with E-state index in [9.17, 15) is 4.79 Å². The fourth-order valence-electron chi connectivity index (χ4n) is 2.72. The van der Waals surface area contributed by atoms with E-state index < -0.39 is 0 Å². The Morgan fingerprint density at radius 1 is 1.28 bits per heavy atom. The molecule has 0 radical (unpaired) electrons. The summed E-state index contributed by atoms with van der Waals surface area (Å²) in [4.78, 5) is 13.9. The normalized spacial score (nSPS) is 17.1. The molecule has 1 saturated heterocycles. The minimum absolute atomic E-state index is 0.136. The second kappa shape index (κ2) is 11.5. The number of nitrogens with zero attached hydrogens (tertiary/aromatic N) is 2. The summed E-state index contributed by atoms with van der Waals surface area (Å²) in [6.07, 6.45) is 3.26. The first-order chi connectivity index (χ1) is 12.3. The van der Waals surface area contributed by atoms with Crippen LogP contribution in [0.5, 0.6) is 0 Å². The van der Waals surface area contributed by atoms with Gasteiger partial charge in [-0.05, 0) is 18.4 Å². The van der Waals surface area contributed by atoms with Gasteiger partial charge in [-0.1, -0.05) is 36.8 Å². The van der Waals surface area contributed by atoms with Gasteiger partial charge >= 0.3 is 6.09 Å². The highest BCUT2D eigenvalue weighted by Gasteiger charge is 2.24. The van der Waals surface area contributed by atoms with Gasteiger partial charge in [0.05, 0.1) is 12.7 Å². The fraction of sp³-hybridized carbons (Fsp3) is 0.579. The third kappa shape index (κ3) is 7.55. The van der Waals surface area contributed by atoms with E-state index in [0.29, 0.717) is 39.3 Å². The summed E-state index contributed by atoms with van der Waals surface area (Å²) in [5.41, 5.74) is 0.988. The van der Waals surface area contributed by atoms with E-state index in [1.165, 1.54) is 0 Å². The van der Waals surface area contributed by atoms with Crippen molar-refractivity contribution in [2.45, 2.75) is 38.3 Å². The van der Waals surface area contributed by atoms with E-state index in [1.807, 2.05) is 30.3 Å². The number of amides is 1. The molecule has 2 rings (SSSR count). The van der Waals surface area contributed by atoms with Crippen LogP contribution in [0.1, 0.15) is 31.2 Å². The van der Waals surface area contributed by atoms with Crippen molar-refractivity contribution in [1.82, 2.24) is 10.2 Å². The lowest BCUT2D eigenvalue weighted by atomic mass is 10.2. The van der Waals surface area contributed by atoms with E-state index in [-0.39, 0.29) is 12.1 Å². The van der Waals surface area contributed by atoms with Crippen molar-refractivity contribution in [1.29, 1.82) is 5.26 Å². The molecule has 1 atom stereocenters. The van der Waals surface area contributed by atoms with Crippen molar-refractivity contribution < 1.29 is 14.3 Å². The lowest BCUT2D eigenvalue weighted by molar-refractivity contribution is 0.0599. The molecule has 0 bridgehead atoms. The van der Waals surface area contributed by atoms with Gasteiger partial charge in [-0.3, -0.25) is 0 Å². The van der Waals surface area contributed by atoms with Crippen molar-refractivity contribution in [3.05, 3.63) is 35.9 Å². The monoisotopic (exact) mass is 345 g/mol. The molecule has 1 N–H and O–H groups in total. The topological polar surface area (TPSA) is 74.6 Å². The molecule has 1 fully saturated rings. The Kier molecular flexibility index (Phi) is 8.81. The van der Waals surface area contributed by atoms with Gasteiger partial charge in [-0.15, -0.1) is 0 Å². The molecular weight excluding hydrogens is 318 g/mol. The Morgan fingerprint density at radius 3 is 2.92 bits per heavy atom. The third-order valence-corrected chi connectivity index (χ3v) is 4.12. The highest BCUT2D eigenvalue weighted by Crippen LogP contribution is 2.07. The largest absolute Gasteiger partial charge is 0.445 e. The van der Waals surface area contributed by atoms with Gasteiger partial charge in [0.25, 0.3) is 0 Å². The van der Waals surface area contributed by atoms with Crippen LogP contribution in [-0.2, 0) is 16.1 Å². The van der Waals surface area contributed by atoms with Crippen LogP contribution < -0.4 is 5.32 Å². The van der Waals surface area contributed by atoms with Gasteiger partial charge < -0.3 is 19.7 Å². The second-order valence-corrected chi connectivity index (χ2v) is 6.18. The quantitative estimate of drug-likeness (QED) is 0.697. The van der Waals surface area contributed by atoms with E-state index in [2.05, 4.69) is 11.4 Å². The number of unbranched alkanes of at least 4 members (excludes halogenated alkanes) is 3. The number of benzene rings is 1. The molecule has 6 heteroatoms. The van der Waals surface area contributed by atoms with E-state index in [0.717, 1.165) is 31.4 Å². The van der Waals surface area contributed by atoms with E-state index >= 15 is 0 Å². The first kappa shape index (κ1) is 19.2. The van der Waals surface area contributed by atoms with Crippen LogP contribution in [0.15, 0.2) is 30.3 Å². The summed E-state index contributed by atoms with van der Waals surface area (Å²) in [5.74, 6) is 0. The van der Waals surface area contributed by atoms with Crippen molar-refractivity contribution in [3.8, 4) is 6.07 Å². The molecule has 136 valence electrons. The van der Waals surface area contributed by atoms with Crippen molar-refractivity contribution in [2.24, 2.45) is 0 Å². The first-order valence-corrected chi connectivity index (χ1v) is 8.93. The maximum atomic E-state index is 12.2. The predicted octanol–water partition coefficient (Wildman–Crippen LogP) is 2.70. The molecule has 1 aromatic carbocycles. The Hall–Kier alpha value is -2.10. The highest BCUT2D eigenvalue weighted by molar-refractivity contribution is 5.67. The molecule has 1 heterocycles. The summed E-state index contributed by atoms with van der Waals surface area (Å²) >= 11 is 0. The minimum atomic E-state index is -0.271. The number of nitriles is 1. The molecule has 0 saturated carbocycles. The molecule has 6 nitrogen and oxygen atoms in total. The summed E-state index contributed by atoms with van der Waals surface area (Å²) in [6, 6.07) is 12.0. The van der Waals surface area contributed by atoms with Gasteiger partial charge in [0, 0.05) is 38.7 Å². The lowest BCUT2D eigenvalue weighted by Crippen LogP contribution is -2.54. The summed E-state index contributed by atoms with van der Waals surface area (Å²) in [7, 11) is 0. The molecule has 1 unspecified atom stereocenters. The van der Waals surface area contributed by atoms with Gasteiger partial charge in [0.2, 0.25) is 0 Å². The number of hydrogen-bond acceptors (Lipinski definition) is 5. The lowest BCUT2D eigenvalue weighted by Gasteiger charge is -2.32. The molecule has 1 aliphatic heterocycles. The molecule has 0 spiro atoms. The Balaban J connectivity index is 1.61. The number of carbonyl (C=O) groups excluding carboxylic acids is 1. The van der Waals surface area contributed by atoms with Gasteiger partial charge in [0.1, 0.15) is 6.61 Å². The number of rotatable bonds is 9. The van der Waals surface area contributed by atoms with Crippen LogP contribution in [0.25, 0.3) is 0 Å². The van der Waals surface area contributed by atoms with E-state index in [4.69, 9.17) is 14.7 Å². The SMILES string of the molecule is N#CCCCCCOCC1CN(C(=O)OCc2ccccc2)CCN1. The highest BCUT2D eigenvalue weighted by atomic mass is 16.6. The molecule has 0 aromatic heterocycles. The van der Waals surface area contributed by atoms with Crippen LogP contribution in [0.3, 0.4) is 0 Å². The summed E-state index contributed by atoms with van der Waals surface area (Å²) in [5, 5.41) is 11.9. The Morgan fingerprint density at radius 2 is 2.12 bits per heavy atom. The van der Waals surface area contributed by atoms with Gasteiger partial charge in [0.15, 0.2) is 0 Å². The molecule has 1 aromatic rings. The Bertz CT molecular complexity index is 545. The van der Waals surface area contributed by atoms with Crippen molar-refractivity contribution in [2.75, 3.05) is 32.8 Å². The van der Waals surface area contributed by atoms with Crippen LogP contribution in [0, 0.1) is 11.3 Å². The standard InChI is InChI=1S/C19H27N3O3/c20-10-6-1-2-7-13-24-16-18-14-22(12-11-21-18)19(23)25-15-17-8-4-3-5-9-17/h3-5,8-9,18,21H,1-2,6-7,11-16H2. The summed E-state index contributed by atoms with van der Waals surface area (Å²) in [6.45, 7) is 3.58. The minimum Gasteiger partial charge on any atom is -0.445 e. The fourth-order valence-corrected chi connectivity index (χ4v) is 2.72. The summed E-state index contributed by atoms with van der Waals surface area (Å²) < 4.78 is 11.1. The van der Waals surface area contributed by atoms with E-state index in [1.54, 1.807) is 4.90 Å². The maximum absolute atomic E-state index is 12.2. The van der Waals surface area contributed by atoms with Crippen molar-refractivity contribution in [3.63, 3.8) is 0 Å². The molecular formula is C19H27N3O3.